The zero-order valence-electron chi connectivity index (χ0n) is 7.33. The molecule has 0 atom stereocenters. The van der Waals surface area contributed by atoms with Gasteiger partial charge in [0.15, 0.2) is 0 Å². The van der Waals surface area contributed by atoms with Crippen LogP contribution in [0.4, 0.5) is 0 Å². The van der Waals surface area contributed by atoms with Crippen molar-refractivity contribution in [1.82, 2.24) is 0 Å². The van der Waals surface area contributed by atoms with Crippen molar-refractivity contribution in [3.63, 3.8) is 0 Å². The Balaban J connectivity index is 3.81. The highest BCUT2D eigenvalue weighted by atomic mass is 16.1. The molecule has 0 fully saturated rings. The van der Waals surface area contributed by atoms with E-state index in [1.807, 2.05) is 0 Å². The van der Waals surface area contributed by atoms with Crippen LogP contribution in [0.3, 0.4) is 0 Å². The first-order valence-electron chi connectivity index (χ1n) is 3.70. The molecular weight excluding hydrogens is 180 g/mol. The van der Waals surface area contributed by atoms with Crippen molar-refractivity contribution >= 4 is 24.3 Å². The Morgan fingerprint density at radius 3 is 1.50 bits per heavy atom. The molecule has 4 heteroatoms. The van der Waals surface area contributed by atoms with E-state index in [1.54, 1.807) is 11.9 Å². The van der Waals surface area contributed by atoms with Gasteiger partial charge in [-0.25, -0.2) is 9.59 Å². The standard InChI is InChI=1S/C10H8N2O2/c13-9-5-1-3-7-11-12-8-4-2-6-10-14/h1-8H/b3-1-,4-2-,11-7+,12-8+. The lowest BCUT2D eigenvalue weighted by Gasteiger charge is -1.72. The Morgan fingerprint density at radius 1 is 0.714 bits per heavy atom. The summed E-state index contributed by atoms with van der Waals surface area (Å²) in [5, 5.41) is 7.17. The van der Waals surface area contributed by atoms with Gasteiger partial charge in [0.05, 0.1) is 0 Å². The molecule has 0 aliphatic carbocycles. The number of rotatable bonds is 5. The van der Waals surface area contributed by atoms with Gasteiger partial charge in [-0.2, -0.15) is 10.2 Å². The minimum atomic E-state index is 1.21. The molecule has 0 amide bonds. The van der Waals surface area contributed by atoms with Gasteiger partial charge in [-0.05, 0) is 24.3 Å². The van der Waals surface area contributed by atoms with Crippen molar-refractivity contribution in [2.45, 2.75) is 0 Å². The van der Waals surface area contributed by atoms with Crippen LogP contribution in [0.2, 0.25) is 0 Å². The topological polar surface area (TPSA) is 58.9 Å². The van der Waals surface area contributed by atoms with Crippen LogP contribution in [-0.4, -0.2) is 24.3 Å². The van der Waals surface area contributed by atoms with Crippen LogP contribution in [0.15, 0.2) is 46.7 Å². The predicted octanol–water partition coefficient (Wildman–Crippen LogP) is 0.931. The van der Waals surface area contributed by atoms with E-state index in [4.69, 9.17) is 0 Å². The van der Waals surface area contributed by atoms with Gasteiger partial charge in [-0.3, -0.25) is 0 Å². The molecule has 0 N–H and O–H groups in total. The fourth-order valence-corrected chi connectivity index (χ4v) is 0.443. The minimum Gasteiger partial charge on any atom is -0.234 e. The second-order valence-electron chi connectivity index (χ2n) is 1.87. The molecule has 4 nitrogen and oxygen atoms in total. The second-order valence-corrected chi connectivity index (χ2v) is 1.87. The van der Waals surface area contributed by atoms with E-state index >= 15 is 0 Å². The van der Waals surface area contributed by atoms with Crippen molar-refractivity contribution < 1.29 is 9.59 Å². The van der Waals surface area contributed by atoms with Gasteiger partial charge < -0.3 is 0 Å². The Labute approximate surface area is 81.3 Å². The monoisotopic (exact) mass is 188 g/mol. The molecule has 0 radical (unpaired) electrons. The molecule has 0 saturated carbocycles. The van der Waals surface area contributed by atoms with Crippen molar-refractivity contribution in [3.8, 4) is 0 Å². The Hall–Kier alpha value is -2.28. The van der Waals surface area contributed by atoms with E-state index in [9.17, 15) is 9.59 Å². The molecule has 0 aromatic heterocycles. The highest BCUT2D eigenvalue weighted by Crippen LogP contribution is 1.73. The van der Waals surface area contributed by atoms with Gasteiger partial charge in [-0.15, -0.1) is 0 Å². The smallest absolute Gasteiger partial charge is 0.124 e. The summed E-state index contributed by atoms with van der Waals surface area (Å²) >= 11 is 0. The summed E-state index contributed by atoms with van der Waals surface area (Å²) in [6.45, 7) is 0. The SMILES string of the molecule is O=C=C\C=C/C=N/N=C/C=C\C=C=O. The van der Waals surface area contributed by atoms with Crippen LogP contribution in [0.25, 0.3) is 0 Å². The predicted molar refractivity (Wildman–Crippen MR) is 55.8 cm³/mol. The average Bonchev–Trinajstić information content (AvgIpc) is 2.21. The maximum atomic E-state index is 9.69. The van der Waals surface area contributed by atoms with Crippen LogP contribution in [-0.2, 0) is 9.59 Å². The minimum absolute atomic E-state index is 1.21. The van der Waals surface area contributed by atoms with Crippen molar-refractivity contribution in [2.24, 2.45) is 10.2 Å². The first-order chi connectivity index (χ1) is 6.91. The van der Waals surface area contributed by atoms with Crippen molar-refractivity contribution in [3.05, 3.63) is 36.5 Å². The quantitative estimate of drug-likeness (QED) is 0.279. The van der Waals surface area contributed by atoms with E-state index in [0.29, 0.717) is 0 Å². The lowest BCUT2D eigenvalue weighted by Crippen LogP contribution is -1.64. The Morgan fingerprint density at radius 2 is 1.14 bits per heavy atom. The molecular formula is C10H8N2O2. The van der Waals surface area contributed by atoms with E-state index in [-0.39, 0.29) is 0 Å². The zero-order chi connectivity index (χ0) is 10.5. The van der Waals surface area contributed by atoms with Gasteiger partial charge in [-0.1, -0.05) is 0 Å². The summed E-state index contributed by atoms with van der Waals surface area (Å²) in [6, 6.07) is 0. The van der Waals surface area contributed by atoms with Crippen molar-refractivity contribution in [1.29, 1.82) is 0 Å². The largest absolute Gasteiger partial charge is 0.234 e. The average molecular weight is 188 g/mol. The molecule has 0 saturated heterocycles. The summed E-state index contributed by atoms with van der Waals surface area (Å²) in [6.07, 6.45) is 11.3. The van der Waals surface area contributed by atoms with Crippen LogP contribution >= 0.6 is 0 Å². The van der Waals surface area contributed by atoms with E-state index in [1.165, 1.54) is 48.9 Å². The molecule has 0 rings (SSSR count). The molecule has 0 aromatic rings. The van der Waals surface area contributed by atoms with Crippen LogP contribution < -0.4 is 0 Å². The first-order valence-corrected chi connectivity index (χ1v) is 3.70. The number of nitrogens with zero attached hydrogens (tertiary/aromatic N) is 2. The van der Waals surface area contributed by atoms with Gasteiger partial charge >= 0.3 is 0 Å². The summed E-state index contributed by atoms with van der Waals surface area (Å²) in [7, 11) is 0. The summed E-state index contributed by atoms with van der Waals surface area (Å²) in [5.74, 6) is 3.16. The third-order valence-corrected chi connectivity index (χ3v) is 0.923. The maximum Gasteiger partial charge on any atom is 0.124 e. The molecule has 14 heavy (non-hydrogen) atoms. The number of allylic oxidation sites excluding steroid dienone is 6. The molecule has 0 bridgehead atoms. The van der Waals surface area contributed by atoms with Crippen LogP contribution in [0.5, 0.6) is 0 Å². The van der Waals surface area contributed by atoms with Crippen molar-refractivity contribution in [2.75, 3.05) is 0 Å². The second kappa shape index (κ2) is 10.7. The molecule has 70 valence electrons. The lowest BCUT2D eigenvalue weighted by atomic mass is 10.5. The molecule has 0 aromatic carbocycles. The Kier molecular flexibility index (Phi) is 8.97. The normalized spacial score (nSPS) is 11.1. The first kappa shape index (κ1) is 11.7. The zero-order valence-corrected chi connectivity index (χ0v) is 7.33. The summed E-state index contributed by atoms with van der Waals surface area (Å²) in [5.41, 5.74) is 0. The fraction of sp³-hybridized carbons (Fsp3) is 0. The summed E-state index contributed by atoms with van der Waals surface area (Å²) in [4.78, 5) is 19.4. The van der Waals surface area contributed by atoms with Gasteiger partial charge in [0.1, 0.15) is 11.9 Å². The third-order valence-electron chi connectivity index (χ3n) is 0.923. The highest BCUT2D eigenvalue weighted by Gasteiger charge is 1.63. The molecule has 0 spiro atoms. The molecule has 0 heterocycles. The van der Waals surface area contributed by atoms with Gasteiger partial charge in [0.2, 0.25) is 0 Å². The van der Waals surface area contributed by atoms with Gasteiger partial charge in [0.25, 0.3) is 0 Å². The molecule has 0 unspecified atom stereocenters. The number of hydrogen-bond acceptors (Lipinski definition) is 4. The number of carbonyl (C=O) groups excluding carboxylic acids is 2. The molecule has 0 aliphatic rings. The lowest BCUT2D eigenvalue weighted by molar-refractivity contribution is 0.568. The molecule has 0 aliphatic heterocycles. The maximum absolute atomic E-state index is 9.69. The van der Waals surface area contributed by atoms with Gasteiger partial charge in [0, 0.05) is 24.6 Å². The van der Waals surface area contributed by atoms with Crippen LogP contribution in [0, 0.1) is 0 Å². The van der Waals surface area contributed by atoms with Crippen LogP contribution in [0.1, 0.15) is 0 Å². The van der Waals surface area contributed by atoms with E-state index < -0.39 is 0 Å². The number of hydrogen-bond donors (Lipinski definition) is 0. The third kappa shape index (κ3) is 9.72. The Bertz CT molecular complexity index is 316. The fourth-order valence-electron chi connectivity index (χ4n) is 0.443. The summed E-state index contributed by atoms with van der Waals surface area (Å²) < 4.78 is 0. The van der Waals surface area contributed by atoms with E-state index in [0.717, 1.165) is 0 Å². The highest BCUT2D eigenvalue weighted by molar-refractivity contribution is 5.75. The van der Waals surface area contributed by atoms with E-state index in [2.05, 4.69) is 10.2 Å².